The van der Waals surface area contributed by atoms with E-state index in [9.17, 15) is 0 Å². The van der Waals surface area contributed by atoms with E-state index >= 15 is 0 Å². The number of rotatable bonds is 5. The molecular weight excluding hydrogens is 324 g/mol. The number of aryl methyl sites for hydroxylation is 1. The summed E-state index contributed by atoms with van der Waals surface area (Å²) < 4.78 is 1.05. The van der Waals surface area contributed by atoms with Crippen molar-refractivity contribution in [1.82, 2.24) is 9.97 Å². The molecule has 0 aliphatic rings. The fraction of sp³-hybridized carbons (Fsp3) is 0.231. The third-order valence-corrected chi connectivity index (χ3v) is 3.79. The van der Waals surface area contributed by atoms with E-state index in [1.54, 1.807) is 11.8 Å². The molecule has 1 aromatic heterocycles. The molecule has 0 fully saturated rings. The Morgan fingerprint density at radius 3 is 2.84 bits per heavy atom. The van der Waals surface area contributed by atoms with E-state index < -0.39 is 0 Å². The summed E-state index contributed by atoms with van der Waals surface area (Å²) >= 11 is 5.06. The molecule has 6 heteroatoms. The van der Waals surface area contributed by atoms with Crippen LogP contribution >= 0.6 is 27.7 Å². The number of nitrogens with two attached hydrogens (primary N) is 1. The van der Waals surface area contributed by atoms with Crippen LogP contribution in [0.1, 0.15) is 19.2 Å². The van der Waals surface area contributed by atoms with Crippen molar-refractivity contribution in [3.8, 4) is 0 Å². The smallest absolute Gasteiger partial charge is 0.144 e. The molecule has 0 unspecified atom stereocenters. The molecule has 0 saturated carbocycles. The van der Waals surface area contributed by atoms with Crippen molar-refractivity contribution in [1.29, 1.82) is 0 Å². The Bertz CT molecular complexity index is 562. The van der Waals surface area contributed by atoms with E-state index in [-0.39, 0.29) is 0 Å². The zero-order valence-electron chi connectivity index (χ0n) is 10.6. The maximum atomic E-state index is 5.44. The van der Waals surface area contributed by atoms with Crippen LogP contribution in [0.15, 0.2) is 44.7 Å². The van der Waals surface area contributed by atoms with Gasteiger partial charge in [0.15, 0.2) is 0 Å². The Labute approximate surface area is 125 Å². The Kier molecular flexibility index (Phi) is 5.18. The zero-order chi connectivity index (χ0) is 13.7. The van der Waals surface area contributed by atoms with Gasteiger partial charge in [-0.1, -0.05) is 40.7 Å². The van der Waals surface area contributed by atoms with Gasteiger partial charge in [0.2, 0.25) is 0 Å². The van der Waals surface area contributed by atoms with Gasteiger partial charge in [0, 0.05) is 21.9 Å². The fourth-order valence-corrected chi connectivity index (χ4v) is 3.03. The van der Waals surface area contributed by atoms with Crippen LogP contribution in [0.2, 0.25) is 0 Å². The van der Waals surface area contributed by atoms with Crippen LogP contribution in [0.25, 0.3) is 0 Å². The normalized spacial score (nSPS) is 10.5. The van der Waals surface area contributed by atoms with Crippen molar-refractivity contribution in [2.75, 3.05) is 5.43 Å². The number of hydrogen-bond donors (Lipinski definition) is 2. The summed E-state index contributed by atoms with van der Waals surface area (Å²) in [4.78, 5) is 9.99. The van der Waals surface area contributed by atoms with E-state index in [2.05, 4.69) is 44.3 Å². The SMILES string of the molecule is CCCc1nc(NN)cc(Sc2cccc(Br)c2)n1. The first kappa shape index (κ1) is 14.3. The summed E-state index contributed by atoms with van der Waals surface area (Å²) in [5, 5.41) is 0.893. The number of benzene rings is 1. The van der Waals surface area contributed by atoms with Gasteiger partial charge in [-0.2, -0.15) is 0 Å². The molecule has 2 rings (SSSR count). The topological polar surface area (TPSA) is 63.8 Å². The number of hydrogen-bond acceptors (Lipinski definition) is 5. The second-order valence-corrected chi connectivity index (χ2v) is 5.97. The second-order valence-electron chi connectivity index (χ2n) is 3.96. The lowest BCUT2D eigenvalue weighted by atomic mass is 10.3. The molecular formula is C13H15BrN4S. The summed E-state index contributed by atoms with van der Waals surface area (Å²) in [5.74, 6) is 6.91. The number of nitrogens with one attached hydrogen (secondary N) is 1. The molecule has 2 aromatic rings. The minimum Gasteiger partial charge on any atom is -0.308 e. The molecule has 4 nitrogen and oxygen atoms in total. The quantitative estimate of drug-likeness (QED) is 0.495. The van der Waals surface area contributed by atoms with E-state index in [1.807, 2.05) is 24.3 Å². The third-order valence-electron chi connectivity index (χ3n) is 2.39. The highest BCUT2D eigenvalue weighted by molar-refractivity contribution is 9.10. The molecule has 0 aliphatic carbocycles. The molecule has 0 spiro atoms. The van der Waals surface area contributed by atoms with Crippen LogP contribution in [0.4, 0.5) is 5.82 Å². The highest BCUT2D eigenvalue weighted by atomic mass is 79.9. The van der Waals surface area contributed by atoms with Crippen LogP contribution in [-0.2, 0) is 6.42 Å². The molecule has 1 heterocycles. The Balaban J connectivity index is 2.26. The monoisotopic (exact) mass is 338 g/mol. The number of nitrogen functional groups attached to an aromatic ring is 1. The van der Waals surface area contributed by atoms with E-state index in [1.165, 1.54) is 0 Å². The first-order valence-corrected chi connectivity index (χ1v) is 7.60. The number of halogens is 1. The maximum Gasteiger partial charge on any atom is 0.144 e. The minimum absolute atomic E-state index is 0.649. The minimum atomic E-state index is 0.649. The summed E-state index contributed by atoms with van der Waals surface area (Å²) in [6, 6.07) is 9.96. The van der Waals surface area contributed by atoms with Gasteiger partial charge in [0.05, 0.1) is 0 Å². The van der Waals surface area contributed by atoms with E-state index in [0.29, 0.717) is 5.82 Å². The van der Waals surface area contributed by atoms with Crippen molar-refractivity contribution >= 4 is 33.5 Å². The highest BCUT2D eigenvalue weighted by Gasteiger charge is 2.05. The number of nitrogens with zero attached hydrogens (tertiary/aromatic N) is 2. The average molecular weight is 339 g/mol. The summed E-state index contributed by atoms with van der Waals surface area (Å²) in [5.41, 5.74) is 2.59. The van der Waals surface area contributed by atoms with Crippen LogP contribution < -0.4 is 11.3 Å². The first-order chi connectivity index (χ1) is 9.21. The van der Waals surface area contributed by atoms with Crippen molar-refractivity contribution in [2.24, 2.45) is 5.84 Å². The van der Waals surface area contributed by atoms with Crippen LogP contribution in [0.5, 0.6) is 0 Å². The summed E-state index contributed by atoms with van der Waals surface area (Å²) in [7, 11) is 0. The molecule has 0 atom stereocenters. The fourth-order valence-electron chi connectivity index (χ4n) is 1.59. The second kappa shape index (κ2) is 6.88. The average Bonchev–Trinajstić information content (AvgIpc) is 2.39. The van der Waals surface area contributed by atoms with E-state index in [4.69, 9.17) is 5.84 Å². The lowest BCUT2D eigenvalue weighted by Gasteiger charge is -2.07. The summed E-state index contributed by atoms with van der Waals surface area (Å²) in [6.07, 6.45) is 1.86. The number of anilines is 1. The third kappa shape index (κ3) is 4.19. The highest BCUT2D eigenvalue weighted by Crippen LogP contribution is 2.29. The van der Waals surface area contributed by atoms with Gasteiger partial charge in [0.25, 0.3) is 0 Å². The van der Waals surface area contributed by atoms with Crippen LogP contribution in [-0.4, -0.2) is 9.97 Å². The molecule has 0 saturated heterocycles. The van der Waals surface area contributed by atoms with Gasteiger partial charge in [0.1, 0.15) is 16.7 Å². The lowest BCUT2D eigenvalue weighted by Crippen LogP contribution is -2.10. The molecule has 0 aliphatic heterocycles. The summed E-state index contributed by atoms with van der Waals surface area (Å²) in [6.45, 7) is 2.10. The van der Waals surface area contributed by atoms with Crippen LogP contribution in [0, 0.1) is 0 Å². The van der Waals surface area contributed by atoms with Crippen molar-refractivity contribution < 1.29 is 0 Å². The van der Waals surface area contributed by atoms with Gasteiger partial charge in [-0.25, -0.2) is 15.8 Å². The predicted octanol–water partition coefficient (Wildman–Crippen LogP) is 3.63. The molecule has 3 N–H and O–H groups in total. The standard InChI is InChI=1S/C13H15BrN4S/c1-2-4-11-16-12(18-15)8-13(17-11)19-10-6-3-5-9(14)7-10/h3,5-8H,2,4,15H2,1H3,(H,16,17,18). The Morgan fingerprint density at radius 1 is 1.32 bits per heavy atom. The maximum absolute atomic E-state index is 5.44. The molecule has 0 bridgehead atoms. The first-order valence-electron chi connectivity index (χ1n) is 5.99. The number of hydrazine groups is 1. The zero-order valence-corrected chi connectivity index (χ0v) is 13.0. The molecule has 100 valence electrons. The molecule has 0 radical (unpaired) electrons. The molecule has 1 aromatic carbocycles. The van der Waals surface area contributed by atoms with Crippen molar-refractivity contribution in [3.63, 3.8) is 0 Å². The van der Waals surface area contributed by atoms with Crippen molar-refractivity contribution in [2.45, 2.75) is 29.7 Å². The van der Waals surface area contributed by atoms with Gasteiger partial charge in [-0.05, 0) is 24.6 Å². The molecule has 19 heavy (non-hydrogen) atoms. The predicted molar refractivity (Wildman–Crippen MR) is 82.1 cm³/mol. The number of aromatic nitrogens is 2. The van der Waals surface area contributed by atoms with Gasteiger partial charge < -0.3 is 5.43 Å². The van der Waals surface area contributed by atoms with Crippen LogP contribution in [0.3, 0.4) is 0 Å². The van der Waals surface area contributed by atoms with Gasteiger partial charge in [-0.15, -0.1) is 0 Å². The largest absolute Gasteiger partial charge is 0.308 e. The Morgan fingerprint density at radius 2 is 2.16 bits per heavy atom. The van der Waals surface area contributed by atoms with E-state index in [0.717, 1.165) is 33.1 Å². The lowest BCUT2D eigenvalue weighted by molar-refractivity contribution is 0.810. The van der Waals surface area contributed by atoms with Crippen molar-refractivity contribution in [3.05, 3.63) is 40.6 Å². The molecule has 0 amide bonds. The van der Waals surface area contributed by atoms with Gasteiger partial charge in [-0.3, -0.25) is 0 Å². The Hall–Kier alpha value is -1.11. The van der Waals surface area contributed by atoms with Gasteiger partial charge >= 0.3 is 0 Å².